The lowest BCUT2D eigenvalue weighted by Gasteiger charge is -2.27. The number of carboxylic acids is 1. The van der Waals surface area contributed by atoms with Crippen LogP contribution in [0.15, 0.2) is 39.9 Å². The Hall–Kier alpha value is -3.43. The number of hydrogen-bond donors (Lipinski definition) is 4. The summed E-state index contributed by atoms with van der Waals surface area (Å²) in [6.45, 7) is 0.327. The summed E-state index contributed by atoms with van der Waals surface area (Å²) in [5.41, 5.74) is 8.45. The minimum Gasteiger partial charge on any atom is -0.481 e. The van der Waals surface area contributed by atoms with Crippen molar-refractivity contribution in [2.24, 2.45) is 5.73 Å². The molecule has 0 unspecified atom stereocenters. The zero-order valence-corrected chi connectivity index (χ0v) is 19.2. The van der Waals surface area contributed by atoms with E-state index in [-0.39, 0.29) is 18.7 Å². The molecule has 1 atom stereocenters. The summed E-state index contributed by atoms with van der Waals surface area (Å²) < 4.78 is 1.41. The van der Waals surface area contributed by atoms with Crippen LogP contribution in [0.25, 0.3) is 11.0 Å². The molecule has 2 heterocycles. The second-order valence-corrected chi connectivity index (χ2v) is 8.91. The van der Waals surface area contributed by atoms with Crippen molar-refractivity contribution < 1.29 is 14.7 Å². The highest BCUT2D eigenvalue weighted by atomic mass is 35.5. The summed E-state index contributed by atoms with van der Waals surface area (Å²) >= 11 is 6.16. The fourth-order valence-corrected chi connectivity index (χ4v) is 4.79. The van der Waals surface area contributed by atoms with Gasteiger partial charge in [-0.05, 0) is 60.6 Å². The van der Waals surface area contributed by atoms with Gasteiger partial charge in [0.2, 0.25) is 5.91 Å². The first-order chi connectivity index (χ1) is 16.3. The van der Waals surface area contributed by atoms with Crippen LogP contribution in [-0.4, -0.2) is 26.5 Å². The third-order valence-electron chi connectivity index (χ3n) is 6.11. The number of aromatic nitrogens is 2. The molecule has 5 N–H and O–H groups in total. The second kappa shape index (κ2) is 9.82. The Bertz CT molecular complexity index is 1390. The van der Waals surface area contributed by atoms with Crippen LogP contribution in [0.5, 0.6) is 0 Å². The van der Waals surface area contributed by atoms with Crippen LogP contribution in [0, 0.1) is 0 Å². The van der Waals surface area contributed by atoms with E-state index in [4.69, 9.17) is 22.4 Å². The Morgan fingerprint density at radius 2 is 2.03 bits per heavy atom. The Balaban J connectivity index is 1.59. The molecule has 10 heteroatoms. The van der Waals surface area contributed by atoms with Crippen LogP contribution in [0.2, 0.25) is 5.02 Å². The van der Waals surface area contributed by atoms with Crippen molar-refractivity contribution in [3.8, 4) is 0 Å². The molecule has 1 amide bonds. The van der Waals surface area contributed by atoms with Gasteiger partial charge in [0.15, 0.2) is 0 Å². The Morgan fingerprint density at radius 1 is 1.24 bits per heavy atom. The van der Waals surface area contributed by atoms with Crippen molar-refractivity contribution in [3.05, 3.63) is 72.8 Å². The number of aryl methyl sites for hydroxylation is 2. The van der Waals surface area contributed by atoms with Crippen molar-refractivity contribution in [3.63, 3.8) is 0 Å². The monoisotopic (exact) mass is 484 g/mol. The highest BCUT2D eigenvalue weighted by molar-refractivity contribution is 6.31. The normalized spacial score (nSPS) is 14.8. The average molecular weight is 485 g/mol. The van der Waals surface area contributed by atoms with Gasteiger partial charge < -0.3 is 21.1 Å². The minimum atomic E-state index is -0.881. The van der Waals surface area contributed by atoms with Crippen molar-refractivity contribution in [2.45, 2.75) is 51.1 Å². The summed E-state index contributed by atoms with van der Waals surface area (Å²) in [5, 5.41) is 12.3. The number of H-pyrrole nitrogens is 1. The van der Waals surface area contributed by atoms with Gasteiger partial charge >= 0.3 is 17.1 Å². The van der Waals surface area contributed by atoms with Gasteiger partial charge in [-0.3, -0.25) is 23.7 Å². The number of aromatic amines is 1. The number of nitrogens with two attached hydrogens (primary N) is 1. The van der Waals surface area contributed by atoms with E-state index >= 15 is 0 Å². The van der Waals surface area contributed by atoms with E-state index in [2.05, 4.69) is 10.3 Å². The number of halogens is 1. The van der Waals surface area contributed by atoms with E-state index in [0.29, 0.717) is 54.0 Å². The topological polar surface area (TPSA) is 147 Å². The molecule has 1 aromatic heterocycles. The van der Waals surface area contributed by atoms with E-state index in [0.717, 1.165) is 16.7 Å². The number of carbonyl (C=O) groups excluding carboxylic acids is 1. The van der Waals surface area contributed by atoms with Crippen molar-refractivity contribution >= 4 is 40.2 Å². The zero-order chi connectivity index (χ0) is 24.4. The van der Waals surface area contributed by atoms with Gasteiger partial charge in [0, 0.05) is 36.1 Å². The lowest BCUT2D eigenvalue weighted by molar-refractivity contribution is -0.137. The first-order valence-electron chi connectivity index (χ1n) is 11.1. The smallest absolute Gasteiger partial charge is 0.317 e. The maximum absolute atomic E-state index is 13.0. The van der Waals surface area contributed by atoms with E-state index in [1.54, 1.807) is 18.2 Å². The molecule has 0 saturated carbocycles. The molecule has 0 radical (unpaired) electrons. The van der Waals surface area contributed by atoms with Crippen LogP contribution >= 0.6 is 11.6 Å². The molecule has 2 aromatic carbocycles. The molecular formula is C24H25ClN4O5. The number of amides is 1. The molecule has 0 saturated heterocycles. The Morgan fingerprint density at radius 3 is 2.76 bits per heavy atom. The zero-order valence-electron chi connectivity index (χ0n) is 18.4. The molecule has 0 fully saturated rings. The molecule has 0 aliphatic carbocycles. The average Bonchev–Trinajstić information content (AvgIpc) is 2.78. The maximum atomic E-state index is 13.0. The standard InChI is InChI=1S/C24H25ClN4O5/c25-16-9-15-5-6-17(29-22(15)19(10-16)28-23(33)24(29)34)11-20(30)27-18-7-4-13(12-26)8-14(18)2-1-3-21(31)32/h4,7-10,17H,1-3,5-6,11-12,26H2,(H,27,30)(H,28,33)(H,31,32)/t17-/m0/s1. The van der Waals surface area contributed by atoms with Gasteiger partial charge in [-0.25, -0.2) is 0 Å². The fraction of sp³-hybridized carbons (Fsp3) is 0.333. The summed E-state index contributed by atoms with van der Waals surface area (Å²) in [5.74, 6) is -1.18. The number of carboxylic acid groups (broad SMARTS) is 1. The number of hydrogen-bond acceptors (Lipinski definition) is 5. The molecule has 3 aromatic rings. The SMILES string of the molecule is NCc1ccc(NC(=O)C[C@@H]2CCc3cc(Cl)cc4[nH]c(=O)c(=O)n2c34)c(CCCC(=O)O)c1. The van der Waals surface area contributed by atoms with Crippen LogP contribution in [0.1, 0.15) is 48.4 Å². The van der Waals surface area contributed by atoms with Gasteiger partial charge in [0.05, 0.1) is 11.0 Å². The van der Waals surface area contributed by atoms with Crippen LogP contribution in [0.3, 0.4) is 0 Å². The number of carbonyl (C=O) groups is 2. The Labute approximate surface area is 199 Å². The second-order valence-electron chi connectivity index (χ2n) is 8.48. The van der Waals surface area contributed by atoms with Crippen LogP contribution < -0.4 is 22.2 Å². The summed E-state index contributed by atoms with van der Waals surface area (Å²) in [7, 11) is 0. The molecule has 0 spiro atoms. The number of aliphatic carboxylic acids is 1. The fourth-order valence-electron chi connectivity index (χ4n) is 4.55. The molecule has 0 bridgehead atoms. The highest BCUT2D eigenvalue weighted by Crippen LogP contribution is 2.32. The first kappa shape index (κ1) is 23.7. The van der Waals surface area contributed by atoms with E-state index in [1.807, 2.05) is 12.1 Å². The molecular weight excluding hydrogens is 460 g/mol. The molecule has 4 rings (SSSR count). The van der Waals surface area contributed by atoms with Crippen molar-refractivity contribution in [1.29, 1.82) is 0 Å². The number of nitrogens with one attached hydrogen (secondary N) is 2. The molecule has 9 nitrogen and oxygen atoms in total. The first-order valence-corrected chi connectivity index (χ1v) is 11.4. The molecule has 1 aliphatic rings. The van der Waals surface area contributed by atoms with Gasteiger partial charge in [0.1, 0.15) is 0 Å². The molecule has 178 valence electrons. The number of benzene rings is 2. The van der Waals surface area contributed by atoms with Crippen LogP contribution in [-0.2, 0) is 29.0 Å². The third kappa shape index (κ3) is 4.90. The highest BCUT2D eigenvalue weighted by Gasteiger charge is 2.26. The number of anilines is 1. The van der Waals surface area contributed by atoms with Crippen molar-refractivity contribution in [2.75, 3.05) is 5.32 Å². The third-order valence-corrected chi connectivity index (χ3v) is 6.32. The van der Waals surface area contributed by atoms with E-state index < -0.39 is 23.1 Å². The predicted molar refractivity (Wildman–Crippen MR) is 129 cm³/mol. The van der Waals surface area contributed by atoms with Gasteiger partial charge in [-0.15, -0.1) is 0 Å². The van der Waals surface area contributed by atoms with E-state index in [1.165, 1.54) is 4.57 Å². The number of nitrogens with zero attached hydrogens (tertiary/aromatic N) is 1. The maximum Gasteiger partial charge on any atom is 0.317 e. The molecule has 1 aliphatic heterocycles. The summed E-state index contributed by atoms with van der Waals surface area (Å²) in [6, 6.07) is 8.32. The largest absolute Gasteiger partial charge is 0.481 e. The van der Waals surface area contributed by atoms with Gasteiger partial charge in [-0.2, -0.15) is 0 Å². The summed E-state index contributed by atoms with van der Waals surface area (Å²) in [4.78, 5) is 51.4. The van der Waals surface area contributed by atoms with Crippen LogP contribution in [0.4, 0.5) is 5.69 Å². The quantitative estimate of drug-likeness (QED) is 0.361. The van der Waals surface area contributed by atoms with Gasteiger partial charge in [-0.1, -0.05) is 23.7 Å². The number of rotatable bonds is 8. The minimum absolute atomic E-state index is 0.00767. The molecule has 34 heavy (non-hydrogen) atoms. The lowest BCUT2D eigenvalue weighted by atomic mass is 9.96. The Kier molecular flexibility index (Phi) is 6.85. The van der Waals surface area contributed by atoms with Gasteiger partial charge in [0.25, 0.3) is 0 Å². The van der Waals surface area contributed by atoms with Crippen molar-refractivity contribution in [1.82, 2.24) is 9.55 Å². The lowest BCUT2D eigenvalue weighted by Crippen LogP contribution is -2.41. The van der Waals surface area contributed by atoms with E-state index in [9.17, 15) is 19.2 Å². The summed E-state index contributed by atoms with van der Waals surface area (Å²) in [6.07, 6.45) is 2.06. The predicted octanol–water partition coefficient (Wildman–Crippen LogP) is 2.73.